The molecule has 5 heteroatoms. The first-order valence-corrected chi connectivity index (χ1v) is 6.17. The summed E-state index contributed by atoms with van der Waals surface area (Å²) in [6, 6.07) is 0. The molecule has 1 fully saturated rings. The van der Waals surface area contributed by atoms with E-state index in [1.165, 1.54) is 19.3 Å². The van der Waals surface area contributed by atoms with Crippen LogP contribution in [0.3, 0.4) is 0 Å². The molecule has 0 aromatic carbocycles. The Morgan fingerprint density at radius 1 is 1.35 bits per heavy atom. The number of carbonyl (C=O) groups excluding carboxylic acids is 1. The van der Waals surface area contributed by atoms with E-state index in [1.807, 2.05) is 0 Å². The lowest BCUT2D eigenvalue weighted by Crippen LogP contribution is -2.25. The molecule has 1 aliphatic carbocycles. The number of hydrogen-bond acceptors (Lipinski definition) is 5. The largest absolute Gasteiger partial charge is 0.459 e. The standard InChI is InChI=1S/C12H18N2O3/c1-3-16-10(15)9-13-14-11(17-9)12(2)7-5-4-6-8-12/h3-8H2,1-2H3. The molecule has 1 aromatic heterocycles. The van der Waals surface area contributed by atoms with Crippen molar-refractivity contribution in [2.45, 2.75) is 51.4 Å². The summed E-state index contributed by atoms with van der Waals surface area (Å²) in [5, 5.41) is 7.76. The molecular weight excluding hydrogens is 220 g/mol. The maximum atomic E-state index is 11.4. The molecule has 0 aliphatic heterocycles. The maximum absolute atomic E-state index is 11.4. The first kappa shape index (κ1) is 12.1. The van der Waals surface area contributed by atoms with Gasteiger partial charge in [-0.2, -0.15) is 0 Å². The Morgan fingerprint density at radius 2 is 2.06 bits per heavy atom. The second-order valence-corrected chi connectivity index (χ2v) is 4.75. The van der Waals surface area contributed by atoms with Crippen LogP contribution in [-0.2, 0) is 10.2 Å². The molecule has 0 atom stereocenters. The molecule has 17 heavy (non-hydrogen) atoms. The fourth-order valence-electron chi connectivity index (χ4n) is 2.29. The Balaban J connectivity index is 2.14. The highest BCUT2D eigenvalue weighted by molar-refractivity contribution is 5.83. The summed E-state index contributed by atoms with van der Waals surface area (Å²) in [6.45, 7) is 4.18. The molecule has 0 unspecified atom stereocenters. The van der Waals surface area contributed by atoms with Crippen LogP contribution in [0.1, 0.15) is 62.5 Å². The van der Waals surface area contributed by atoms with Crippen LogP contribution < -0.4 is 0 Å². The van der Waals surface area contributed by atoms with E-state index >= 15 is 0 Å². The Kier molecular flexibility index (Phi) is 3.45. The van der Waals surface area contributed by atoms with Gasteiger partial charge in [-0.05, 0) is 19.8 Å². The average molecular weight is 238 g/mol. The van der Waals surface area contributed by atoms with E-state index in [9.17, 15) is 4.79 Å². The predicted octanol–water partition coefficient (Wildman–Crippen LogP) is 2.47. The van der Waals surface area contributed by atoms with Crippen molar-refractivity contribution in [3.05, 3.63) is 11.8 Å². The Morgan fingerprint density at radius 3 is 2.71 bits per heavy atom. The molecule has 1 aliphatic rings. The summed E-state index contributed by atoms with van der Waals surface area (Å²) < 4.78 is 10.3. The van der Waals surface area contributed by atoms with E-state index in [1.54, 1.807) is 6.92 Å². The first-order valence-electron chi connectivity index (χ1n) is 6.17. The highest BCUT2D eigenvalue weighted by atomic mass is 16.5. The van der Waals surface area contributed by atoms with Gasteiger partial charge < -0.3 is 9.15 Å². The summed E-state index contributed by atoms with van der Waals surface area (Å²) >= 11 is 0. The van der Waals surface area contributed by atoms with E-state index in [-0.39, 0.29) is 11.3 Å². The molecule has 2 rings (SSSR count). The SMILES string of the molecule is CCOC(=O)c1nnc(C2(C)CCCCC2)o1. The molecular formula is C12H18N2O3. The third-order valence-corrected chi connectivity index (χ3v) is 3.35. The second kappa shape index (κ2) is 4.85. The van der Waals surface area contributed by atoms with Crippen molar-refractivity contribution in [3.63, 3.8) is 0 Å². The van der Waals surface area contributed by atoms with Crippen molar-refractivity contribution in [1.82, 2.24) is 10.2 Å². The van der Waals surface area contributed by atoms with Crippen LogP contribution in [-0.4, -0.2) is 22.8 Å². The van der Waals surface area contributed by atoms with Gasteiger partial charge in [0.05, 0.1) is 6.61 Å². The Labute approximate surface area is 101 Å². The van der Waals surface area contributed by atoms with E-state index in [2.05, 4.69) is 17.1 Å². The van der Waals surface area contributed by atoms with Crippen molar-refractivity contribution < 1.29 is 13.9 Å². The monoisotopic (exact) mass is 238 g/mol. The van der Waals surface area contributed by atoms with Gasteiger partial charge in [-0.25, -0.2) is 4.79 Å². The number of carbonyl (C=O) groups is 1. The average Bonchev–Trinajstić information content (AvgIpc) is 2.80. The van der Waals surface area contributed by atoms with Crippen LogP contribution in [0.25, 0.3) is 0 Å². The zero-order valence-corrected chi connectivity index (χ0v) is 10.4. The molecule has 94 valence electrons. The molecule has 0 N–H and O–H groups in total. The molecule has 0 amide bonds. The van der Waals surface area contributed by atoms with Crippen molar-refractivity contribution in [2.24, 2.45) is 0 Å². The third-order valence-electron chi connectivity index (χ3n) is 3.35. The van der Waals surface area contributed by atoms with Crippen LogP contribution in [0.4, 0.5) is 0 Å². The van der Waals surface area contributed by atoms with Gasteiger partial charge >= 0.3 is 11.9 Å². The fourth-order valence-corrected chi connectivity index (χ4v) is 2.29. The van der Waals surface area contributed by atoms with Crippen molar-refractivity contribution in [1.29, 1.82) is 0 Å². The summed E-state index contributed by atoms with van der Waals surface area (Å²) in [5.74, 6) is -0.000407. The van der Waals surface area contributed by atoms with Crippen molar-refractivity contribution in [3.8, 4) is 0 Å². The molecule has 1 saturated carbocycles. The maximum Gasteiger partial charge on any atom is 0.396 e. The first-order chi connectivity index (χ1) is 8.15. The zero-order chi connectivity index (χ0) is 12.3. The molecule has 0 spiro atoms. The van der Waals surface area contributed by atoms with Crippen molar-refractivity contribution >= 4 is 5.97 Å². The minimum Gasteiger partial charge on any atom is -0.459 e. The summed E-state index contributed by atoms with van der Waals surface area (Å²) in [4.78, 5) is 11.4. The minimum atomic E-state index is -0.536. The second-order valence-electron chi connectivity index (χ2n) is 4.75. The molecule has 1 aromatic rings. The predicted molar refractivity (Wildman–Crippen MR) is 60.7 cm³/mol. The smallest absolute Gasteiger partial charge is 0.396 e. The van der Waals surface area contributed by atoms with Gasteiger partial charge in [0.2, 0.25) is 5.89 Å². The molecule has 0 bridgehead atoms. The lowest BCUT2D eigenvalue weighted by molar-refractivity contribution is 0.0475. The normalized spacial score (nSPS) is 18.9. The summed E-state index contributed by atoms with van der Waals surface area (Å²) in [6.07, 6.45) is 5.69. The Bertz CT molecular complexity index is 394. The molecule has 0 radical (unpaired) electrons. The van der Waals surface area contributed by atoms with Crippen LogP contribution >= 0.6 is 0 Å². The molecule has 0 saturated heterocycles. The van der Waals surface area contributed by atoms with Gasteiger partial charge in [0.1, 0.15) is 0 Å². The van der Waals surface area contributed by atoms with Crippen LogP contribution in [0.15, 0.2) is 4.42 Å². The van der Waals surface area contributed by atoms with Crippen molar-refractivity contribution in [2.75, 3.05) is 6.61 Å². The minimum absolute atomic E-state index is 0.0337. The lowest BCUT2D eigenvalue weighted by Gasteiger charge is -2.29. The number of hydrogen-bond donors (Lipinski definition) is 0. The highest BCUT2D eigenvalue weighted by Gasteiger charge is 2.35. The number of esters is 1. The van der Waals surface area contributed by atoms with Crippen LogP contribution in [0.2, 0.25) is 0 Å². The quantitative estimate of drug-likeness (QED) is 0.757. The summed E-state index contributed by atoms with van der Waals surface area (Å²) in [5.41, 5.74) is -0.0734. The third kappa shape index (κ3) is 2.48. The van der Waals surface area contributed by atoms with Gasteiger partial charge in [-0.3, -0.25) is 0 Å². The Hall–Kier alpha value is -1.39. The lowest BCUT2D eigenvalue weighted by atomic mass is 9.76. The number of ether oxygens (including phenoxy) is 1. The fraction of sp³-hybridized carbons (Fsp3) is 0.750. The topological polar surface area (TPSA) is 65.2 Å². The van der Waals surface area contributed by atoms with Gasteiger partial charge in [0.25, 0.3) is 0 Å². The molecule has 1 heterocycles. The number of aromatic nitrogens is 2. The van der Waals surface area contributed by atoms with Crippen LogP contribution in [0, 0.1) is 0 Å². The zero-order valence-electron chi connectivity index (χ0n) is 10.4. The van der Waals surface area contributed by atoms with Gasteiger partial charge in [-0.1, -0.05) is 26.2 Å². The van der Waals surface area contributed by atoms with E-state index in [0.29, 0.717) is 12.5 Å². The highest BCUT2D eigenvalue weighted by Crippen LogP contribution is 2.38. The number of nitrogens with zero attached hydrogens (tertiary/aromatic N) is 2. The van der Waals surface area contributed by atoms with Crippen LogP contribution in [0.5, 0.6) is 0 Å². The summed E-state index contributed by atoms with van der Waals surface area (Å²) in [7, 11) is 0. The van der Waals surface area contributed by atoms with E-state index < -0.39 is 5.97 Å². The van der Waals surface area contributed by atoms with E-state index in [4.69, 9.17) is 9.15 Å². The van der Waals surface area contributed by atoms with Gasteiger partial charge in [-0.15, -0.1) is 10.2 Å². The van der Waals surface area contributed by atoms with E-state index in [0.717, 1.165) is 12.8 Å². The van der Waals surface area contributed by atoms with Gasteiger partial charge in [0, 0.05) is 5.41 Å². The molecule has 5 nitrogen and oxygen atoms in total. The number of rotatable bonds is 3. The van der Waals surface area contributed by atoms with Gasteiger partial charge in [0.15, 0.2) is 0 Å².